The summed E-state index contributed by atoms with van der Waals surface area (Å²) in [6.07, 6.45) is 4.97. The molecule has 30 heavy (non-hydrogen) atoms. The molecule has 2 aliphatic rings. The minimum atomic E-state index is 0.492. The van der Waals surface area contributed by atoms with Crippen LogP contribution in [0.15, 0.2) is 84.9 Å². The van der Waals surface area contributed by atoms with Crippen LogP contribution in [-0.2, 0) is 13.0 Å². The predicted octanol–water partition coefficient (Wildman–Crippen LogP) is 5.71. The van der Waals surface area contributed by atoms with Gasteiger partial charge in [0.25, 0.3) is 0 Å². The second kappa shape index (κ2) is 9.16. The summed E-state index contributed by atoms with van der Waals surface area (Å²) in [7, 11) is 0. The normalized spacial score (nSPS) is 24.3. The molecule has 0 radical (unpaired) electrons. The largest absolute Gasteiger partial charge is 0.306 e. The van der Waals surface area contributed by atoms with Crippen LogP contribution < -0.4 is 5.32 Å². The van der Waals surface area contributed by atoms with E-state index in [9.17, 15) is 0 Å². The van der Waals surface area contributed by atoms with E-state index in [0.29, 0.717) is 18.0 Å². The summed E-state index contributed by atoms with van der Waals surface area (Å²) in [5.41, 5.74) is 5.95. The second-order valence-corrected chi connectivity index (χ2v) is 8.94. The van der Waals surface area contributed by atoms with Crippen molar-refractivity contribution in [3.63, 3.8) is 0 Å². The molecule has 0 aromatic heterocycles. The van der Waals surface area contributed by atoms with Crippen LogP contribution in [0.1, 0.15) is 53.5 Å². The summed E-state index contributed by atoms with van der Waals surface area (Å²) in [4.78, 5) is 2.64. The number of nitrogens with one attached hydrogen (secondary N) is 1. The fourth-order valence-electron chi connectivity index (χ4n) is 5.43. The average molecular weight is 397 g/mol. The third-order valence-corrected chi connectivity index (χ3v) is 6.96. The molecular formula is C28H32N2. The molecule has 0 spiro atoms. The number of rotatable bonds is 5. The molecule has 1 aliphatic carbocycles. The van der Waals surface area contributed by atoms with E-state index in [1.807, 2.05) is 0 Å². The molecule has 0 unspecified atom stereocenters. The fourth-order valence-corrected chi connectivity index (χ4v) is 5.43. The van der Waals surface area contributed by atoms with Crippen molar-refractivity contribution in [1.82, 2.24) is 10.2 Å². The van der Waals surface area contributed by atoms with Gasteiger partial charge in [0.15, 0.2) is 0 Å². The van der Waals surface area contributed by atoms with Crippen molar-refractivity contribution >= 4 is 0 Å². The third-order valence-electron chi connectivity index (χ3n) is 6.96. The molecule has 2 heteroatoms. The van der Waals surface area contributed by atoms with Gasteiger partial charge in [-0.1, -0.05) is 84.9 Å². The van der Waals surface area contributed by atoms with E-state index in [0.717, 1.165) is 19.6 Å². The molecule has 1 heterocycles. The molecule has 3 aromatic carbocycles. The number of benzene rings is 3. The molecule has 0 saturated carbocycles. The highest BCUT2D eigenvalue weighted by atomic mass is 15.2. The van der Waals surface area contributed by atoms with Crippen LogP contribution in [0.2, 0.25) is 0 Å². The summed E-state index contributed by atoms with van der Waals surface area (Å²) in [6.45, 7) is 3.32. The van der Waals surface area contributed by atoms with Crippen molar-refractivity contribution in [2.45, 2.75) is 50.2 Å². The highest BCUT2D eigenvalue weighted by molar-refractivity contribution is 5.33. The Labute approximate surface area is 180 Å². The van der Waals surface area contributed by atoms with Crippen LogP contribution in [0.4, 0.5) is 0 Å². The van der Waals surface area contributed by atoms with Crippen molar-refractivity contribution < 1.29 is 0 Å². The number of aryl methyl sites for hydroxylation is 1. The molecule has 0 amide bonds. The first kappa shape index (κ1) is 19.5. The Balaban J connectivity index is 1.35. The SMILES string of the molecule is c1ccc(CN2CC[C@H](N[C@@H]3CCCc4ccccc43)[C@H](c3ccccc3)C2)cc1. The van der Waals surface area contributed by atoms with Crippen LogP contribution >= 0.6 is 0 Å². The van der Waals surface area contributed by atoms with Gasteiger partial charge in [0.05, 0.1) is 0 Å². The number of hydrogen-bond donors (Lipinski definition) is 1. The van der Waals surface area contributed by atoms with Gasteiger partial charge >= 0.3 is 0 Å². The van der Waals surface area contributed by atoms with Gasteiger partial charge < -0.3 is 5.32 Å². The Bertz CT molecular complexity index is 937. The summed E-state index contributed by atoms with van der Waals surface area (Å²) in [5, 5.41) is 4.12. The van der Waals surface area contributed by atoms with Gasteiger partial charge in [0, 0.05) is 37.6 Å². The van der Waals surface area contributed by atoms with Crippen LogP contribution in [0.25, 0.3) is 0 Å². The van der Waals surface area contributed by atoms with E-state index in [4.69, 9.17) is 0 Å². The molecule has 1 fully saturated rings. The molecule has 1 aliphatic heterocycles. The molecule has 0 bridgehead atoms. The van der Waals surface area contributed by atoms with Crippen molar-refractivity contribution in [3.8, 4) is 0 Å². The van der Waals surface area contributed by atoms with Crippen LogP contribution in [0.3, 0.4) is 0 Å². The standard InChI is InChI=1S/C28H32N2/c1-3-10-22(11-4-1)20-30-19-18-28(26(21-30)24-12-5-2-6-13-24)29-27-17-9-15-23-14-7-8-16-25(23)27/h1-8,10-14,16,26-29H,9,15,17-21H2/t26-,27+,28-/m0/s1. The van der Waals surface area contributed by atoms with Crippen molar-refractivity contribution in [1.29, 1.82) is 0 Å². The van der Waals surface area contributed by atoms with Crippen LogP contribution in [0.5, 0.6) is 0 Å². The summed E-state index contributed by atoms with van der Waals surface area (Å²) >= 11 is 0. The predicted molar refractivity (Wildman–Crippen MR) is 125 cm³/mol. The third kappa shape index (κ3) is 4.35. The maximum Gasteiger partial charge on any atom is 0.0325 e. The maximum atomic E-state index is 4.12. The summed E-state index contributed by atoms with van der Waals surface area (Å²) < 4.78 is 0. The van der Waals surface area contributed by atoms with E-state index < -0.39 is 0 Å². The lowest BCUT2D eigenvalue weighted by Gasteiger charge is -2.42. The van der Waals surface area contributed by atoms with Crippen LogP contribution in [-0.4, -0.2) is 24.0 Å². The number of likely N-dealkylation sites (tertiary alicyclic amines) is 1. The number of hydrogen-bond acceptors (Lipinski definition) is 2. The van der Waals surface area contributed by atoms with Gasteiger partial charge in [-0.3, -0.25) is 4.90 Å². The van der Waals surface area contributed by atoms with Gasteiger partial charge in [0.2, 0.25) is 0 Å². The minimum Gasteiger partial charge on any atom is -0.306 e. The second-order valence-electron chi connectivity index (χ2n) is 8.94. The van der Waals surface area contributed by atoms with E-state index in [2.05, 4.69) is 95.1 Å². The Morgan fingerprint density at radius 3 is 2.37 bits per heavy atom. The van der Waals surface area contributed by atoms with Gasteiger partial charge in [-0.2, -0.15) is 0 Å². The van der Waals surface area contributed by atoms with Gasteiger partial charge in [-0.25, -0.2) is 0 Å². The fraction of sp³-hybridized carbons (Fsp3) is 0.357. The van der Waals surface area contributed by atoms with Gasteiger partial charge in [0.1, 0.15) is 0 Å². The first-order valence-corrected chi connectivity index (χ1v) is 11.5. The molecule has 5 rings (SSSR count). The zero-order valence-electron chi connectivity index (χ0n) is 17.7. The molecule has 2 nitrogen and oxygen atoms in total. The van der Waals surface area contributed by atoms with Crippen molar-refractivity contribution in [3.05, 3.63) is 107 Å². The quantitative estimate of drug-likeness (QED) is 0.594. The molecule has 3 atom stereocenters. The Kier molecular flexibility index (Phi) is 5.96. The number of nitrogens with zero attached hydrogens (tertiary/aromatic N) is 1. The minimum absolute atomic E-state index is 0.492. The van der Waals surface area contributed by atoms with Gasteiger partial charge in [-0.15, -0.1) is 0 Å². The highest BCUT2D eigenvalue weighted by Gasteiger charge is 2.33. The molecule has 154 valence electrons. The zero-order chi connectivity index (χ0) is 20.2. The zero-order valence-corrected chi connectivity index (χ0v) is 17.7. The topological polar surface area (TPSA) is 15.3 Å². The number of fused-ring (bicyclic) bond motifs is 1. The molecule has 3 aromatic rings. The molecule has 1 saturated heterocycles. The maximum absolute atomic E-state index is 4.12. The van der Waals surface area contributed by atoms with E-state index in [1.165, 1.54) is 42.4 Å². The summed E-state index contributed by atoms with van der Waals surface area (Å²) in [5.74, 6) is 0.526. The summed E-state index contributed by atoms with van der Waals surface area (Å²) in [6, 6.07) is 32.1. The first-order valence-electron chi connectivity index (χ1n) is 11.5. The first-order chi connectivity index (χ1) is 14.9. The average Bonchev–Trinajstić information content (AvgIpc) is 2.81. The highest BCUT2D eigenvalue weighted by Crippen LogP contribution is 2.34. The molecule has 1 N–H and O–H groups in total. The molecular weight excluding hydrogens is 364 g/mol. The Morgan fingerprint density at radius 1 is 0.800 bits per heavy atom. The van der Waals surface area contributed by atoms with E-state index in [1.54, 1.807) is 5.56 Å². The lowest BCUT2D eigenvalue weighted by Crippen LogP contribution is -2.49. The van der Waals surface area contributed by atoms with Gasteiger partial charge in [-0.05, 0) is 47.9 Å². The van der Waals surface area contributed by atoms with E-state index >= 15 is 0 Å². The Morgan fingerprint density at radius 2 is 1.53 bits per heavy atom. The monoisotopic (exact) mass is 396 g/mol. The smallest absolute Gasteiger partial charge is 0.0325 e. The Hall–Kier alpha value is -2.42. The van der Waals surface area contributed by atoms with Crippen molar-refractivity contribution in [2.24, 2.45) is 0 Å². The number of piperidine rings is 1. The lowest BCUT2D eigenvalue weighted by molar-refractivity contribution is 0.158. The van der Waals surface area contributed by atoms with Crippen molar-refractivity contribution in [2.75, 3.05) is 13.1 Å². The van der Waals surface area contributed by atoms with Crippen LogP contribution in [0, 0.1) is 0 Å². The van der Waals surface area contributed by atoms with E-state index in [-0.39, 0.29) is 0 Å². The lowest BCUT2D eigenvalue weighted by atomic mass is 9.82.